The van der Waals surface area contributed by atoms with Crippen molar-refractivity contribution in [3.63, 3.8) is 0 Å². The molecule has 0 atom stereocenters. The Labute approximate surface area is 75.7 Å². The maximum Gasteiger partial charge on any atom is 0.128 e. The molecule has 11 heavy (non-hydrogen) atoms. The summed E-state index contributed by atoms with van der Waals surface area (Å²) in [6.07, 6.45) is 0. The SMILES string of the molecule is CCn1nc(Br)cc1C(C)C. The van der Waals surface area contributed by atoms with Crippen molar-refractivity contribution in [1.29, 1.82) is 0 Å². The Morgan fingerprint density at radius 3 is 2.64 bits per heavy atom. The van der Waals surface area contributed by atoms with E-state index in [4.69, 9.17) is 0 Å². The standard InChI is InChI=1S/C8H13BrN2/c1-4-11-7(6(2)3)5-8(9)10-11/h5-6H,4H2,1-3H3. The van der Waals surface area contributed by atoms with E-state index in [-0.39, 0.29) is 0 Å². The summed E-state index contributed by atoms with van der Waals surface area (Å²) in [6.45, 7) is 7.40. The number of halogens is 1. The number of rotatable bonds is 2. The smallest absolute Gasteiger partial charge is 0.128 e. The number of aromatic nitrogens is 2. The molecule has 3 heteroatoms. The highest BCUT2D eigenvalue weighted by Crippen LogP contribution is 2.18. The van der Waals surface area contributed by atoms with Gasteiger partial charge in [-0.2, -0.15) is 5.10 Å². The van der Waals surface area contributed by atoms with Gasteiger partial charge in [0.25, 0.3) is 0 Å². The Balaban J connectivity index is 3.02. The van der Waals surface area contributed by atoms with Gasteiger partial charge in [0, 0.05) is 12.2 Å². The van der Waals surface area contributed by atoms with E-state index >= 15 is 0 Å². The van der Waals surface area contributed by atoms with E-state index < -0.39 is 0 Å². The molecule has 0 aliphatic carbocycles. The number of nitrogens with zero attached hydrogens (tertiary/aromatic N) is 2. The van der Waals surface area contributed by atoms with Gasteiger partial charge in [-0.1, -0.05) is 13.8 Å². The van der Waals surface area contributed by atoms with Crippen LogP contribution in [0.4, 0.5) is 0 Å². The van der Waals surface area contributed by atoms with Crippen LogP contribution in [-0.2, 0) is 6.54 Å². The molecule has 0 bridgehead atoms. The summed E-state index contributed by atoms with van der Waals surface area (Å²) in [6, 6.07) is 2.08. The predicted molar refractivity (Wildman–Crippen MR) is 49.7 cm³/mol. The first-order valence-electron chi connectivity index (χ1n) is 3.88. The lowest BCUT2D eigenvalue weighted by Crippen LogP contribution is -2.03. The zero-order valence-corrected chi connectivity index (χ0v) is 8.72. The van der Waals surface area contributed by atoms with E-state index in [0.29, 0.717) is 5.92 Å². The van der Waals surface area contributed by atoms with Gasteiger partial charge in [-0.05, 0) is 34.8 Å². The molecule has 0 N–H and O–H groups in total. The summed E-state index contributed by atoms with van der Waals surface area (Å²) in [5.41, 5.74) is 1.29. The molecule has 0 aliphatic rings. The molecule has 0 saturated heterocycles. The van der Waals surface area contributed by atoms with E-state index in [9.17, 15) is 0 Å². The van der Waals surface area contributed by atoms with Crippen LogP contribution in [0.1, 0.15) is 32.4 Å². The molecule has 0 spiro atoms. The minimum Gasteiger partial charge on any atom is -0.268 e. The molecular weight excluding hydrogens is 204 g/mol. The maximum atomic E-state index is 4.28. The molecule has 1 rings (SSSR count). The van der Waals surface area contributed by atoms with Crippen LogP contribution in [-0.4, -0.2) is 9.78 Å². The summed E-state index contributed by atoms with van der Waals surface area (Å²) in [5.74, 6) is 0.550. The highest BCUT2D eigenvalue weighted by molar-refractivity contribution is 9.10. The van der Waals surface area contributed by atoms with Crippen molar-refractivity contribution in [2.45, 2.75) is 33.2 Å². The van der Waals surface area contributed by atoms with E-state index in [1.54, 1.807) is 0 Å². The zero-order valence-electron chi connectivity index (χ0n) is 7.13. The summed E-state index contributed by atoms with van der Waals surface area (Å²) in [5, 5.41) is 4.28. The van der Waals surface area contributed by atoms with Crippen molar-refractivity contribution < 1.29 is 0 Å². The van der Waals surface area contributed by atoms with Crippen molar-refractivity contribution in [3.8, 4) is 0 Å². The molecule has 0 aliphatic heterocycles. The van der Waals surface area contributed by atoms with E-state index in [1.165, 1.54) is 5.69 Å². The van der Waals surface area contributed by atoms with Gasteiger partial charge in [0.1, 0.15) is 4.60 Å². The first-order valence-corrected chi connectivity index (χ1v) is 4.67. The van der Waals surface area contributed by atoms with E-state index in [1.807, 2.05) is 4.68 Å². The summed E-state index contributed by atoms with van der Waals surface area (Å²) >= 11 is 3.36. The minimum atomic E-state index is 0.550. The Bertz CT molecular complexity index is 240. The summed E-state index contributed by atoms with van der Waals surface area (Å²) in [4.78, 5) is 0. The Kier molecular flexibility index (Phi) is 2.71. The molecule has 0 fully saturated rings. The molecule has 0 unspecified atom stereocenters. The third-order valence-corrected chi connectivity index (χ3v) is 2.06. The Hall–Kier alpha value is -0.310. The minimum absolute atomic E-state index is 0.550. The normalized spacial score (nSPS) is 11.0. The van der Waals surface area contributed by atoms with Crippen molar-refractivity contribution >= 4 is 15.9 Å². The third-order valence-electron chi connectivity index (χ3n) is 1.67. The van der Waals surface area contributed by atoms with Crippen molar-refractivity contribution in [2.75, 3.05) is 0 Å². The Morgan fingerprint density at radius 1 is 1.64 bits per heavy atom. The lowest BCUT2D eigenvalue weighted by molar-refractivity contribution is 0.596. The average Bonchev–Trinajstić information content (AvgIpc) is 2.30. The van der Waals surface area contributed by atoms with Crippen LogP contribution < -0.4 is 0 Å². The molecule has 2 nitrogen and oxygen atoms in total. The van der Waals surface area contributed by atoms with Gasteiger partial charge in [-0.15, -0.1) is 0 Å². The maximum absolute atomic E-state index is 4.28. The van der Waals surface area contributed by atoms with Crippen LogP contribution in [0.25, 0.3) is 0 Å². The molecule has 0 saturated carbocycles. The largest absolute Gasteiger partial charge is 0.268 e. The monoisotopic (exact) mass is 216 g/mol. The first kappa shape index (κ1) is 8.78. The van der Waals surface area contributed by atoms with Crippen LogP contribution in [0.2, 0.25) is 0 Å². The first-order chi connectivity index (χ1) is 5.15. The van der Waals surface area contributed by atoms with Gasteiger partial charge >= 0.3 is 0 Å². The summed E-state index contributed by atoms with van der Waals surface area (Å²) < 4.78 is 2.96. The second kappa shape index (κ2) is 3.39. The second-order valence-corrected chi connectivity index (χ2v) is 3.67. The highest BCUT2D eigenvalue weighted by Gasteiger charge is 2.07. The van der Waals surface area contributed by atoms with Gasteiger partial charge in [0.2, 0.25) is 0 Å². The fourth-order valence-corrected chi connectivity index (χ4v) is 1.54. The van der Waals surface area contributed by atoms with Crippen LogP contribution in [0.15, 0.2) is 10.7 Å². The topological polar surface area (TPSA) is 17.8 Å². The molecule has 1 aromatic rings. The van der Waals surface area contributed by atoms with Crippen molar-refractivity contribution in [1.82, 2.24) is 9.78 Å². The van der Waals surface area contributed by atoms with Crippen LogP contribution in [0.3, 0.4) is 0 Å². The van der Waals surface area contributed by atoms with Crippen LogP contribution in [0.5, 0.6) is 0 Å². The van der Waals surface area contributed by atoms with Crippen LogP contribution >= 0.6 is 15.9 Å². The molecule has 0 aromatic carbocycles. The molecule has 0 amide bonds. The fraction of sp³-hybridized carbons (Fsp3) is 0.625. The van der Waals surface area contributed by atoms with E-state index in [0.717, 1.165) is 11.1 Å². The van der Waals surface area contributed by atoms with Crippen molar-refractivity contribution in [3.05, 3.63) is 16.4 Å². The van der Waals surface area contributed by atoms with Gasteiger partial charge in [0.05, 0.1) is 0 Å². The molecule has 62 valence electrons. The fourth-order valence-electron chi connectivity index (χ4n) is 1.12. The lowest BCUT2D eigenvalue weighted by atomic mass is 10.1. The number of hydrogen-bond donors (Lipinski definition) is 0. The molecule has 0 radical (unpaired) electrons. The third kappa shape index (κ3) is 1.83. The highest BCUT2D eigenvalue weighted by atomic mass is 79.9. The Morgan fingerprint density at radius 2 is 2.27 bits per heavy atom. The summed E-state index contributed by atoms with van der Waals surface area (Å²) in [7, 11) is 0. The van der Waals surface area contributed by atoms with Gasteiger partial charge in [-0.25, -0.2) is 0 Å². The van der Waals surface area contributed by atoms with Crippen molar-refractivity contribution in [2.24, 2.45) is 0 Å². The van der Waals surface area contributed by atoms with Gasteiger partial charge in [-0.3, -0.25) is 4.68 Å². The quantitative estimate of drug-likeness (QED) is 0.744. The zero-order chi connectivity index (χ0) is 8.43. The second-order valence-electron chi connectivity index (χ2n) is 2.86. The molecule has 1 aromatic heterocycles. The predicted octanol–water partition coefficient (Wildman–Crippen LogP) is 2.79. The average molecular weight is 217 g/mol. The van der Waals surface area contributed by atoms with Crippen LogP contribution in [0, 0.1) is 0 Å². The molecule has 1 heterocycles. The van der Waals surface area contributed by atoms with Gasteiger partial charge in [0.15, 0.2) is 0 Å². The van der Waals surface area contributed by atoms with Gasteiger partial charge < -0.3 is 0 Å². The molecular formula is C8H13BrN2. The number of aryl methyl sites for hydroxylation is 1. The van der Waals surface area contributed by atoms with E-state index in [2.05, 4.69) is 47.9 Å². The lowest BCUT2D eigenvalue weighted by Gasteiger charge is -2.06. The number of hydrogen-bond acceptors (Lipinski definition) is 1.